The van der Waals surface area contributed by atoms with E-state index in [-0.39, 0.29) is 12.5 Å². The number of aliphatic hydroxyl groups is 1. The lowest BCUT2D eigenvalue weighted by Crippen LogP contribution is -2.24. The third-order valence-electron chi connectivity index (χ3n) is 2.91. The predicted molar refractivity (Wildman–Crippen MR) is 81.5 cm³/mol. The van der Waals surface area contributed by atoms with Crippen LogP contribution in [0.5, 0.6) is 0 Å². The largest absolute Gasteiger partial charge is 0.395 e. The minimum absolute atomic E-state index is 0.0488. The Morgan fingerprint density at radius 3 is 2.90 bits per heavy atom. The maximum absolute atomic E-state index is 12.0. The topological polar surface area (TPSA) is 49.3 Å². The van der Waals surface area contributed by atoms with Crippen LogP contribution < -0.4 is 5.32 Å². The zero-order chi connectivity index (χ0) is 14.6. The second kappa shape index (κ2) is 10.1. The maximum atomic E-state index is 12.0. The van der Waals surface area contributed by atoms with E-state index in [1.54, 1.807) is 12.1 Å². The van der Waals surface area contributed by atoms with Crippen LogP contribution in [0.2, 0.25) is 0 Å². The number of amides is 1. The predicted octanol–water partition coefficient (Wildman–Crippen LogP) is 2.73. The summed E-state index contributed by atoms with van der Waals surface area (Å²) in [6.45, 7) is 2.95. The Hall–Kier alpha value is -1.79. The van der Waals surface area contributed by atoms with Crippen molar-refractivity contribution in [1.29, 1.82) is 0 Å². The SMILES string of the molecule is CCCCCCNC(=O)c1cccc(C#CCCO)c1. The molecule has 20 heavy (non-hydrogen) atoms. The second-order valence-corrected chi connectivity index (χ2v) is 4.67. The van der Waals surface area contributed by atoms with E-state index in [4.69, 9.17) is 5.11 Å². The first-order chi connectivity index (χ1) is 9.77. The van der Waals surface area contributed by atoms with Crippen molar-refractivity contribution in [3.63, 3.8) is 0 Å². The summed E-state index contributed by atoms with van der Waals surface area (Å²) in [6.07, 6.45) is 5.04. The third kappa shape index (κ3) is 6.40. The number of hydrogen-bond acceptors (Lipinski definition) is 2. The molecule has 0 spiro atoms. The van der Waals surface area contributed by atoms with Crippen molar-refractivity contribution in [2.24, 2.45) is 0 Å². The Balaban J connectivity index is 2.48. The van der Waals surface area contributed by atoms with Crippen LogP contribution in [0.3, 0.4) is 0 Å². The van der Waals surface area contributed by atoms with Gasteiger partial charge in [-0.25, -0.2) is 0 Å². The molecule has 0 unspecified atom stereocenters. The lowest BCUT2D eigenvalue weighted by molar-refractivity contribution is 0.0953. The van der Waals surface area contributed by atoms with Gasteiger partial charge in [0.25, 0.3) is 5.91 Å². The second-order valence-electron chi connectivity index (χ2n) is 4.67. The summed E-state index contributed by atoms with van der Waals surface area (Å²) in [5, 5.41) is 11.6. The highest BCUT2D eigenvalue weighted by atomic mass is 16.2. The monoisotopic (exact) mass is 273 g/mol. The molecular weight excluding hydrogens is 250 g/mol. The van der Waals surface area contributed by atoms with E-state index in [1.165, 1.54) is 12.8 Å². The zero-order valence-electron chi connectivity index (χ0n) is 12.1. The van der Waals surface area contributed by atoms with E-state index in [0.717, 1.165) is 24.9 Å². The van der Waals surface area contributed by atoms with E-state index in [1.807, 2.05) is 12.1 Å². The van der Waals surface area contributed by atoms with Gasteiger partial charge in [0.1, 0.15) is 0 Å². The number of rotatable bonds is 7. The summed E-state index contributed by atoms with van der Waals surface area (Å²) in [7, 11) is 0. The fraction of sp³-hybridized carbons (Fsp3) is 0.471. The summed E-state index contributed by atoms with van der Waals surface area (Å²) in [5.41, 5.74) is 1.44. The quantitative estimate of drug-likeness (QED) is 0.593. The zero-order valence-corrected chi connectivity index (χ0v) is 12.1. The van der Waals surface area contributed by atoms with E-state index in [2.05, 4.69) is 24.1 Å². The Bertz CT molecular complexity index is 471. The van der Waals surface area contributed by atoms with Gasteiger partial charge in [-0.15, -0.1) is 0 Å². The molecule has 0 fully saturated rings. The van der Waals surface area contributed by atoms with Crippen LogP contribution in [-0.4, -0.2) is 24.2 Å². The molecule has 0 aromatic heterocycles. The molecule has 0 atom stereocenters. The van der Waals surface area contributed by atoms with Crippen molar-refractivity contribution in [3.05, 3.63) is 35.4 Å². The molecule has 108 valence electrons. The Labute approximate surface area is 121 Å². The van der Waals surface area contributed by atoms with E-state index in [9.17, 15) is 4.79 Å². The Morgan fingerprint density at radius 2 is 2.15 bits per heavy atom. The standard InChI is InChI=1S/C17H23NO2/c1-2-3-4-6-12-18-17(20)16-11-8-10-15(14-16)9-5-7-13-19/h8,10-11,14,19H,2-4,6-7,12-13H2,1H3,(H,18,20). The van der Waals surface area contributed by atoms with Crippen molar-refractivity contribution in [3.8, 4) is 11.8 Å². The van der Waals surface area contributed by atoms with E-state index < -0.39 is 0 Å². The van der Waals surface area contributed by atoms with Gasteiger partial charge in [-0.2, -0.15) is 0 Å². The molecule has 0 saturated heterocycles. The molecule has 0 heterocycles. The van der Waals surface area contributed by atoms with Crippen LogP contribution in [0.15, 0.2) is 24.3 Å². The van der Waals surface area contributed by atoms with Crippen LogP contribution in [0.1, 0.15) is 54.9 Å². The molecule has 0 saturated carbocycles. The van der Waals surface area contributed by atoms with Crippen molar-refractivity contribution in [2.75, 3.05) is 13.2 Å². The number of unbranched alkanes of at least 4 members (excludes halogenated alkanes) is 3. The average Bonchev–Trinajstić information content (AvgIpc) is 2.47. The van der Waals surface area contributed by atoms with Gasteiger partial charge in [0, 0.05) is 24.1 Å². The molecule has 1 amide bonds. The average molecular weight is 273 g/mol. The highest BCUT2D eigenvalue weighted by Gasteiger charge is 2.04. The lowest BCUT2D eigenvalue weighted by atomic mass is 10.1. The van der Waals surface area contributed by atoms with Gasteiger partial charge >= 0.3 is 0 Å². The molecule has 3 nitrogen and oxygen atoms in total. The minimum Gasteiger partial charge on any atom is -0.395 e. The van der Waals surface area contributed by atoms with Gasteiger partial charge in [-0.05, 0) is 24.6 Å². The molecule has 0 aliphatic carbocycles. The molecule has 0 radical (unpaired) electrons. The van der Waals surface area contributed by atoms with Gasteiger partial charge in [-0.3, -0.25) is 4.79 Å². The van der Waals surface area contributed by atoms with E-state index >= 15 is 0 Å². The molecule has 1 aromatic carbocycles. The number of carbonyl (C=O) groups excluding carboxylic acids is 1. The molecule has 2 N–H and O–H groups in total. The smallest absolute Gasteiger partial charge is 0.251 e. The minimum atomic E-state index is -0.0488. The number of hydrogen-bond donors (Lipinski definition) is 2. The summed E-state index contributed by atoms with van der Waals surface area (Å²) in [4.78, 5) is 12.0. The fourth-order valence-electron chi connectivity index (χ4n) is 1.81. The van der Waals surface area contributed by atoms with Gasteiger partial charge < -0.3 is 10.4 Å². The first-order valence-electron chi connectivity index (χ1n) is 7.26. The van der Waals surface area contributed by atoms with Crippen LogP contribution in [-0.2, 0) is 0 Å². The molecule has 0 aliphatic heterocycles. The van der Waals surface area contributed by atoms with Crippen molar-refractivity contribution in [2.45, 2.75) is 39.0 Å². The van der Waals surface area contributed by atoms with Crippen LogP contribution in [0.25, 0.3) is 0 Å². The summed E-state index contributed by atoms with van der Waals surface area (Å²) < 4.78 is 0. The fourth-order valence-corrected chi connectivity index (χ4v) is 1.81. The molecule has 1 rings (SSSR count). The van der Waals surface area contributed by atoms with E-state index in [0.29, 0.717) is 12.0 Å². The maximum Gasteiger partial charge on any atom is 0.251 e. The highest BCUT2D eigenvalue weighted by Crippen LogP contribution is 2.04. The first kappa shape index (κ1) is 16.3. The molecular formula is C17H23NO2. The van der Waals surface area contributed by atoms with Crippen LogP contribution in [0, 0.1) is 11.8 Å². The van der Waals surface area contributed by atoms with Crippen molar-refractivity contribution >= 4 is 5.91 Å². The Morgan fingerprint density at radius 1 is 1.30 bits per heavy atom. The first-order valence-corrected chi connectivity index (χ1v) is 7.26. The summed E-state index contributed by atoms with van der Waals surface area (Å²) in [5.74, 6) is 5.74. The summed E-state index contributed by atoms with van der Waals surface area (Å²) >= 11 is 0. The van der Waals surface area contributed by atoms with Crippen LogP contribution >= 0.6 is 0 Å². The number of carbonyl (C=O) groups is 1. The molecule has 1 aromatic rings. The van der Waals surface area contributed by atoms with Gasteiger partial charge in [0.15, 0.2) is 0 Å². The van der Waals surface area contributed by atoms with Gasteiger partial charge in [0.2, 0.25) is 0 Å². The number of nitrogens with one attached hydrogen (secondary N) is 1. The number of aliphatic hydroxyl groups excluding tert-OH is 1. The van der Waals surface area contributed by atoms with Gasteiger partial charge in [0.05, 0.1) is 6.61 Å². The third-order valence-corrected chi connectivity index (χ3v) is 2.91. The van der Waals surface area contributed by atoms with Crippen LogP contribution in [0.4, 0.5) is 0 Å². The normalized spacial score (nSPS) is 9.70. The van der Waals surface area contributed by atoms with Crippen molar-refractivity contribution < 1.29 is 9.90 Å². The summed E-state index contributed by atoms with van der Waals surface area (Å²) in [6, 6.07) is 7.27. The molecule has 0 aliphatic rings. The number of benzene rings is 1. The van der Waals surface area contributed by atoms with Crippen molar-refractivity contribution in [1.82, 2.24) is 5.32 Å². The highest BCUT2D eigenvalue weighted by molar-refractivity contribution is 5.94. The molecule has 0 bridgehead atoms. The lowest BCUT2D eigenvalue weighted by Gasteiger charge is -2.05. The Kier molecular flexibility index (Phi) is 8.17. The molecule has 3 heteroatoms. The van der Waals surface area contributed by atoms with Gasteiger partial charge in [-0.1, -0.05) is 44.1 Å².